The van der Waals surface area contributed by atoms with Crippen molar-refractivity contribution < 1.29 is 9.53 Å². The van der Waals surface area contributed by atoms with Crippen LogP contribution in [0.25, 0.3) is 0 Å². The number of aromatic nitrogens is 3. The monoisotopic (exact) mass is 351 g/mol. The Morgan fingerprint density at radius 3 is 2.81 bits per heavy atom. The average molecular weight is 352 g/mol. The van der Waals surface area contributed by atoms with Gasteiger partial charge in [0.05, 0.1) is 18.8 Å². The van der Waals surface area contributed by atoms with E-state index in [1.54, 1.807) is 11.6 Å². The molecule has 2 aromatic rings. The van der Waals surface area contributed by atoms with Crippen LogP contribution in [0, 0.1) is 0 Å². The molecule has 0 saturated carbocycles. The van der Waals surface area contributed by atoms with E-state index in [4.69, 9.17) is 4.74 Å². The predicted molar refractivity (Wildman–Crippen MR) is 83.3 cm³/mol. The Labute approximate surface area is 132 Å². The molecule has 6 heteroatoms. The molecule has 0 atom stereocenters. The molecule has 0 spiro atoms. The van der Waals surface area contributed by atoms with Gasteiger partial charge in [0.2, 0.25) is 0 Å². The van der Waals surface area contributed by atoms with Crippen LogP contribution in [0.2, 0.25) is 0 Å². The number of hydrogen-bond acceptors (Lipinski definition) is 4. The van der Waals surface area contributed by atoms with Gasteiger partial charge in [-0.05, 0) is 30.5 Å². The standard InChI is InChI=1S/C15H18BrN3O2/c1-4-21-15(20)13-14(10(2)3)19(18-17-13)9-11-6-5-7-12(16)8-11/h5-8,10H,4,9H2,1-3H3. The molecular formula is C15H18BrN3O2. The van der Waals surface area contributed by atoms with Gasteiger partial charge >= 0.3 is 5.97 Å². The van der Waals surface area contributed by atoms with Crippen LogP contribution in [0.3, 0.4) is 0 Å². The lowest BCUT2D eigenvalue weighted by Gasteiger charge is -2.11. The van der Waals surface area contributed by atoms with Gasteiger partial charge < -0.3 is 4.74 Å². The zero-order valence-electron chi connectivity index (χ0n) is 12.3. The summed E-state index contributed by atoms with van der Waals surface area (Å²) in [5.74, 6) is -0.284. The van der Waals surface area contributed by atoms with Crippen LogP contribution < -0.4 is 0 Å². The first-order valence-electron chi connectivity index (χ1n) is 6.87. The summed E-state index contributed by atoms with van der Waals surface area (Å²) in [6.45, 7) is 6.70. The molecular weight excluding hydrogens is 334 g/mol. The molecule has 0 N–H and O–H groups in total. The second-order valence-corrected chi connectivity index (χ2v) is 5.90. The van der Waals surface area contributed by atoms with E-state index >= 15 is 0 Å². The van der Waals surface area contributed by atoms with Crippen LogP contribution in [-0.2, 0) is 11.3 Å². The predicted octanol–water partition coefficient (Wildman–Crippen LogP) is 3.39. The van der Waals surface area contributed by atoms with Crippen LogP contribution in [0.15, 0.2) is 28.7 Å². The number of halogens is 1. The van der Waals surface area contributed by atoms with Crippen molar-refractivity contribution in [3.8, 4) is 0 Å². The highest BCUT2D eigenvalue weighted by atomic mass is 79.9. The molecule has 0 aliphatic heterocycles. The molecule has 0 aliphatic carbocycles. The number of nitrogens with zero attached hydrogens (tertiary/aromatic N) is 3. The number of hydrogen-bond donors (Lipinski definition) is 0. The molecule has 1 aromatic carbocycles. The molecule has 0 bridgehead atoms. The summed E-state index contributed by atoms with van der Waals surface area (Å²) in [6.07, 6.45) is 0. The summed E-state index contributed by atoms with van der Waals surface area (Å²) in [5, 5.41) is 8.12. The van der Waals surface area contributed by atoms with Gasteiger partial charge in [-0.3, -0.25) is 0 Å². The third-order valence-corrected chi connectivity index (χ3v) is 3.50. The fraction of sp³-hybridized carbons (Fsp3) is 0.400. The van der Waals surface area contributed by atoms with Gasteiger partial charge in [-0.25, -0.2) is 9.48 Å². The zero-order valence-corrected chi connectivity index (χ0v) is 13.9. The van der Waals surface area contributed by atoms with Crippen LogP contribution in [-0.4, -0.2) is 27.6 Å². The smallest absolute Gasteiger partial charge is 0.360 e. The SMILES string of the molecule is CCOC(=O)c1nnn(Cc2cccc(Br)c2)c1C(C)C. The number of carbonyl (C=O) groups excluding carboxylic acids is 1. The van der Waals surface area contributed by atoms with Gasteiger partial charge in [0, 0.05) is 4.47 Å². The highest BCUT2D eigenvalue weighted by Crippen LogP contribution is 2.20. The molecule has 0 amide bonds. The van der Waals surface area contributed by atoms with Crippen LogP contribution in [0.5, 0.6) is 0 Å². The summed E-state index contributed by atoms with van der Waals surface area (Å²) < 4.78 is 7.81. The average Bonchev–Trinajstić information content (AvgIpc) is 2.83. The molecule has 1 aromatic heterocycles. The van der Waals surface area contributed by atoms with Crippen molar-refractivity contribution in [3.63, 3.8) is 0 Å². The highest BCUT2D eigenvalue weighted by molar-refractivity contribution is 9.10. The van der Waals surface area contributed by atoms with Crippen LogP contribution in [0.4, 0.5) is 0 Å². The van der Waals surface area contributed by atoms with Gasteiger partial charge in [0.25, 0.3) is 0 Å². The largest absolute Gasteiger partial charge is 0.461 e. The maximum Gasteiger partial charge on any atom is 0.360 e. The van der Waals surface area contributed by atoms with Crippen LogP contribution >= 0.6 is 15.9 Å². The first kappa shape index (κ1) is 15.7. The Morgan fingerprint density at radius 2 is 2.19 bits per heavy atom. The number of ether oxygens (including phenoxy) is 1. The molecule has 112 valence electrons. The Balaban J connectivity index is 2.34. The Kier molecular flexibility index (Phi) is 5.12. The van der Waals surface area contributed by atoms with Crippen molar-refractivity contribution in [2.24, 2.45) is 0 Å². The van der Waals surface area contributed by atoms with Gasteiger partial charge in [0.1, 0.15) is 0 Å². The number of esters is 1. The molecule has 5 nitrogen and oxygen atoms in total. The summed E-state index contributed by atoms with van der Waals surface area (Å²) in [5.41, 5.74) is 2.20. The maximum atomic E-state index is 11.9. The summed E-state index contributed by atoms with van der Waals surface area (Å²) >= 11 is 3.45. The molecule has 21 heavy (non-hydrogen) atoms. The van der Waals surface area contributed by atoms with Crippen molar-refractivity contribution in [2.45, 2.75) is 33.2 Å². The summed E-state index contributed by atoms with van der Waals surface area (Å²) in [6, 6.07) is 7.98. The highest BCUT2D eigenvalue weighted by Gasteiger charge is 2.23. The maximum absolute atomic E-state index is 11.9. The van der Waals surface area contributed by atoms with E-state index < -0.39 is 5.97 Å². The van der Waals surface area contributed by atoms with E-state index in [1.807, 2.05) is 38.1 Å². The molecule has 0 unspecified atom stereocenters. The van der Waals surface area contributed by atoms with E-state index in [0.29, 0.717) is 18.8 Å². The first-order chi connectivity index (χ1) is 10.0. The normalized spacial score (nSPS) is 10.9. The topological polar surface area (TPSA) is 57.0 Å². The number of rotatable bonds is 5. The zero-order chi connectivity index (χ0) is 15.4. The fourth-order valence-corrected chi connectivity index (χ4v) is 2.61. The molecule has 0 fully saturated rings. The molecule has 0 aliphatic rings. The van der Waals surface area contributed by atoms with E-state index in [0.717, 1.165) is 15.7 Å². The minimum atomic E-state index is -0.415. The van der Waals surface area contributed by atoms with Crippen molar-refractivity contribution in [1.82, 2.24) is 15.0 Å². The van der Waals surface area contributed by atoms with E-state index in [-0.39, 0.29) is 5.92 Å². The van der Waals surface area contributed by atoms with Crippen LogP contribution in [0.1, 0.15) is 48.4 Å². The fourth-order valence-electron chi connectivity index (χ4n) is 2.16. The second kappa shape index (κ2) is 6.85. The molecule has 2 rings (SSSR count). The lowest BCUT2D eigenvalue weighted by Crippen LogP contribution is -2.13. The number of benzene rings is 1. The third-order valence-electron chi connectivity index (χ3n) is 3.01. The molecule has 1 heterocycles. The lowest BCUT2D eigenvalue weighted by molar-refractivity contribution is 0.0517. The van der Waals surface area contributed by atoms with E-state index in [9.17, 15) is 4.79 Å². The Morgan fingerprint density at radius 1 is 1.43 bits per heavy atom. The van der Waals surface area contributed by atoms with E-state index in [2.05, 4.69) is 26.2 Å². The Bertz CT molecular complexity index is 638. The molecule has 0 saturated heterocycles. The van der Waals surface area contributed by atoms with Gasteiger partial charge in [-0.15, -0.1) is 5.10 Å². The molecule has 0 radical (unpaired) electrons. The quantitative estimate of drug-likeness (QED) is 0.774. The summed E-state index contributed by atoms with van der Waals surface area (Å²) in [7, 11) is 0. The van der Waals surface area contributed by atoms with Gasteiger partial charge in [-0.1, -0.05) is 47.1 Å². The van der Waals surface area contributed by atoms with Gasteiger partial charge in [-0.2, -0.15) is 0 Å². The van der Waals surface area contributed by atoms with Crippen molar-refractivity contribution in [3.05, 3.63) is 45.7 Å². The van der Waals surface area contributed by atoms with Crippen molar-refractivity contribution in [1.29, 1.82) is 0 Å². The van der Waals surface area contributed by atoms with Crippen molar-refractivity contribution in [2.75, 3.05) is 6.61 Å². The Hall–Kier alpha value is -1.69. The minimum absolute atomic E-state index is 0.131. The number of carbonyl (C=O) groups is 1. The summed E-state index contributed by atoms with van der Waals surface area (Å²) in [4.78, 5) is 11.9. The first-order valence-corrected chi connectivity index (χ1v) is 7.67. The minimum Gasteiger partial charge on any atom is -0.461 e. The lowest BCUT2D eigenvalue weighted by atomic mass is 10.1. The van der Waals surface area contributed by atoms with Crippen molar-refractivity contribution >= 4 is 21.9 Å². The third kappa shape index (κ3) is 3.69. The second-order valence-electron chi connectivity index (χ2n) is 4.99. The van der Waals surface area contributed by atoms with Gasteiger partial charge in [0.15, 0.2) is 5.69 Å². The van der Waals surface area contributed by atoms with E-state index in [1.165, 1.54) is 0 Å².